The van der Waals surface area contributed by atoms with Crippen molar-refractivity contribution >= 4 is 11.6 Å². The maximum atomic E-state index is 4.72. The Morgan fingerprint density at radius 2 is 1.70 bits per heavy atom. The van der Waals surface area contributed by atoms with E-state index in [4.69, 9.17) is 4.98 Å². The summed E-state index contributed by atoms with van der Waals surface area (Å²) in [5.74, 6) is 2.67. The van der Waals surface area contributed by atoms with Crippen molar-refractivity contribution in [1.82, 2.24) is 14.9 Å². The Bertz CT molecular complexity index is 448. The summed E-state index contributed by atoms with van der Waals surface area (Å²) in [5.41, 5.74) is 0.992. The molecule has 0 radical (unpaired) electrons. The Hall–Kier alpha value is -1.36. The minimum absolute atomic E-state index is 0.0689. The van der Waals surface area contributed by atoms with Crippen molar-refractivity contribution in [3.8, 4) is 0 Å². The summed E-state index contributed by atoms with van der Waals surface area (Å²) in [6.45, 7) is 11.6. The van der Waals surface area contributed by atoms with E-state index in [2.05, 4.69) is 62.3 Å². The van der Waals surface area contributed by atoms with Crippen molar-refractivity contribution in [2.45, 2.75) is 46.1 Å². The maximum Gasteiger partial charge on any atom is 0.138 e. The van der Waals surface area contributed by atoms with Crippen LogP contribution < -0.4 is 10.6 Å². The molecule has 5 nitrogen and oxygen atoms in total. The van der Waals surface area contributed by atoms with Crippen molar-refractivity contribution in [3.05, 3.63) is 11.4 Å². The molecular formula is C15H29N5. The second kappa shape index (κ2) is 6.39. The summed E-state index contributed by atoms with van der Waals surface area (Å²) in [6, 6.07) is 0.330. The molecule has 1 unspecified atom stereocenters. The van der Waals surface area contributed by atoms with E-state index in [1.54, 1.807) is 0 Å². The van der Waals surface area contributed by atoms with Gasteiger partial charge in [-0.25, -0.2) is 9.97 Å². The lowest BCUT2D eigenvalue weighted by Crippen LogP contribution is -2.31. The summed E-state index contributed by atoms with van der Waals surface area (Å²) in [6.07, 6.45) is 0. The molecule has 0 fully saturated rings. The Labute approximate surface area is 123 Å². The summed E-state index contributed by atoms with van der Waals surface area (Å²) in [7, 11) is 6.05. The number of hydrogen-bond donors (Lipinski definition) is 2. The van der Waals surface area contributed by atoms with E-state index in [9.17, 15) is 0 Å². The number of nitrogens with zero attached hydrogens (tertiary/aromatic N) is 3. The summed E-state index contributed by atoms with van der Waals surface area (Å²) in [5, 5.41) is 6.66. The second-order valence-corrected chi connectivity index (χ2v) is 6.68. The van der Waals surface area contributed by atoms with Crippen molar-refractivity contribution in [3.63, 3.8) is 0 Å². The molecule has 20 heavy (non-hydrogen) atoms. The van der Waals surface area contributed by atoms with E-state index in [1.807, 2.05) is 14.0 Å². The molecule has 1 heterocycles. The lowest BCUT2D eigenvalue weighted by molar-refractivity contribution is 0.391. The molecule has 0 spiro atoms. The van der Waals surface area contributed by atoms with Gasteiger partial charge in [0.05, 0.1) is 0 Å². The number of anilines is 2. The van der Waals surface area contributed by atoms with Crippen LogP contribution in [0.1, 0.15) is 39.1 Å². The maximum absolute atomic E-state index is 4.72. The van der Waals surface area contributed by atoms with Crippen LogP contribution in [0.2, 0.25) is 0 Å². The van der Waals surface area contributed by atoms with Gasteiger partial charge in [0.1, 0.15) is 17.5 Å². The van der Waals surface area contributed by atoms with Crippen molar-refractivity contribution < 1.29 is 0 Å². The Morgan fingerprint density at radius 1 is 1.15 bits per heavy atom. The fourth-order valence-corrected chi connectivity index (χ4v) is 2.06. The van der Waals surface area contributed by atoms with Gasteiger partial charge in [-0.05, 0) is 27.9 Å². The van der Waals surface area contributed by atoms with Gasteiger partial charge in [0, 0.05) is 30.6 Å². The van der Waals surface area contributed by atoms with Gasteiger partial charge < -0.3 is 15.5 Å². The normalized spacial score (nSPS) is 13.4. The minimum atomic E-state index is -0.0689. The molecule has 1 atom stereocenters. The second-order valence-electron chi connectivity index (χ2n) is 6.68. The number of likely N-dealkylation sites (N-methyl/N-ethyl adjacent to an activating group) is 1. The zero-order valence-electron chi connectivity index (χ0n) is 14.1. The van der Waals surface area contributed by atoms with Crippen molar-refractivity contribution in [1.29, 1.82) is 0 Å². The highest BCUT2D eigenvalue weighted by Gasteiger charge is 2.21. The van der Waals surface area contributed by atoms with Crippen LogP contribution in [-0.2, 0) is 5.41 Å². The average molecular weight is 279 g/mol. The molecule has 0 saturated carbocycles. The van der Waals surface area contributed by atoms with Crippen LogP contribution in [0.3, 0.4) is 0 Å². The molecule has 5 heteroatoms. The first kappa shape index (κ1) is 16.7. The smallest absolute Gasteiger partial charge is 0.138 e. The highest BCUT2D eigenvalue weighted by Crippen LogP contribution is 2.26. The lowest BCUT2D eigenvalue weighted by Gasteiger charge is -2.24. The van der Waals surface area contributed by atoms with Gasteiger partial charge in [-0.15, -0.1) is 0 Å². The van der Waals surface area contributed by atoms with Crippen LogP contribution in [0.5, 0.6) is 0 Å². The third-order valence-electron chi connectivity index (χ3n) is 3.08. The fraction of sp³-hybridized carbons (Fsp3) is 0.733. The van der Waals surface area contributed by atoms with E-state index >= 15 is 0 Å². The summed E-state index contributed by atoms with van der Waals surface area (Å²) >= 11 is 0. The zero-order valence-corrected chi connectivity index (χ0v) is 14.1. The standard InChI is InChI=1S/C15H29N5/c1-10(9-20(7)8)17-13-11(2)12(16-6)18-14(19-13)15(3,4)5/h10H,9H2,1-8H3,(H2,16,17,18,19). The number of hydrogen-bond acceptors (Lipinski definition) is 5. The average Bonchev–Trinajstić information content (AvgIpc) is 2.29. The molecule has 0 bridgehead atoms. The predicted molar refractivity (Wildman–Crippen MR) is 86.7 cm³/mol. The zero-order chi connectivity index (χ0) is 15.5. The van der Waals surface area contributed by atoms with Gasteiger partial charge in [0.2, 0.25) is 0 Å². The SMILES string of the molecule is CNc1nc(C(C)(C)C)nc(NC(C)CN(C)C)c1C. The molecule has 0 saturated heterocycles. The Morgan fingerprint density at radius 3 is 2.15 bits per heavy atom. The largest absolute Gasteiger partial charge is 0.373 e. The highest BCUT2D eigenvalue weighted by atomic mass is 15.1. The van der Waals surface area contributed by atoms with E-state index in [-0.39, 0.29) is 5.41 Å². The van der Waals surface area contributed by atoms with Crippen LogP contribution in [0.15, 0.2) is 0 Å². The van der Waals surface area contributed by atoms with Crippen molar-refractivity contribution in [2.24, 2.45) is 0 Å². The molecule has 1 rings (SSSR count). The van der Waals surface area contributed by atoms with Crippen LogP contribution in [0, 0.1) is 6.92 Å². The molecule has 114 valence electrons. The van der Waals surface area contributed by atoms with Crippen LogP contribution >= 0.6 is 0 Å². The fourth-order valence-electron chi connectivity index (χ4n) is 2.06. The highest BCUT2D eigenvalue weighted by molar-refractivity contribution is 5.57. The number of aromatic nitrogens is 2. The monoisotopic (exact) mass is 279 g/mol. The molecule has 0 aromatic carbocycles. The van der Waals surface area contributed by atoms with Gasteiger partial charge in [-0.1, -0.05) is 20.8 Å². The van der Waals surface area contributed by atoms with Crippen LogP contribution in [0.25, 0.3) is 0 Å². The molecule has 0 aliphatic heterocycles. The van der Waals surface area contributed by atoms with Gasteiger partial charge >= 0.3 is 0 Å². The molecule has 2 N–H and O–H groups in total. The third kappa shape index (κ3) is 4.34. The van der Waals surface area contributed by atoms with E-state index in [1.165, 1.54) is 0 Å². The van der Waals surface area contributed by atoms with Gasteiger partial charge in [-0.3, -0.25) is 0 Å². The Kier molecular flexibility index (Phi) is 5.34. The van der Waals surface area contributed by atoms with E-state index in [0.29, 0.717) is 6.04 Å². The minimum Gasteiger partial charge on any atom is -0.373 e. The first-order chi connectivity index (χ1) is 9.15. The Balaban J connectivity index is 3.11. The molecular weight excluding hydrogens is 250 g/mol. The first-order valence-corrected chi connectivity index (χ1v) is 7.13. The van der Waals surface area contributed by atoms with Gasteiger partial charge in [0.15, 0.2) is 0 Å². The molecule has 1 aromatic rings. The number of nitrogens with one attached hydrogen (secondary N) is 2. The van der Waals surface area contributed by atoms with Gasteiger partial charge in [-0.2, -0.15) is 0 Å². The predicted octanol–water partition coefficient (Wildman–Crippen LogP) is 2.49. The quantitative estimate of drug-likeness (QED) is 0.867. The topological polar surface area (TPSA) is 53.1 Å². The van der Waals surface area contributed by atoms with Crippen molar-refractivity contribution in [2.75, 3.05) is 38.3 Å². The lowest BCUT2D eigenvalue weighted by atomic mass is 9.95. The van der Waals surface area contributed by atoms with Crippen LogP contribution in [0.4, 0.5) is 11.6 Å². The molecule has 0 aliphatic carbocycles. The van der Waals surface area contributed by atoms with E-state index in [0.717, 1.165) is 29.6 Å². The molecule has 1 aromatic heterocycles. The summed E-state index contributed by atoms with van der Waals surface area (Å²) < 4.78 is 0. The van der Waals surface area contributed by atoms with Crippen LogP contribution in [-0.4, -0.2) is 48.6 Å². The third-order valence-corrected chi connectivity index (χ3v) is 3.08. The molecule has 0 aliphatic rings. The summed E-state index contributed by atoms with van der Waals surface area (Å²) in [4.78, 5) is 11.5. The molecule has 0 amide bonds. The van der Waals surface area contributed by atoms with E-state index < -0.39 is 0 Å². The van der Waals surface area contributed by atoms with Gasteiger partial charge in [0.25, 0.3) is 0 Å². The first-order valence-electron chi connectivity index (χ1n) is 7.13. The number of rotatable bonds is 5.